The predicted molar refractivity (Wildman–Crippen MR) is 89.0 cm³/mol. The molecule has 0 aliphatic carbocycles. The zero-order chi connectivity index (χ0) is 15.6. The Morgan fingerprint density at radius 2 is 2.00 bits per heavy atom. The third-order valence-corrected chi connectivity index (χ3v) is 3.47. The smallest absolute Gasteiger partial charge is 0.120 e. The third-order valence-electron chi connectivity index (χ3n) is 3.47. The van der Waals surface area contributed by atoms with Crippen molar-refractivity contribution in [3.05, 3.63) is 29.5 Å². The standard InChI is InChI=1S/C17H25N3O/c1-11(2)10-21-13-6-7-16-14(8-13)17(20(4)5)15(9-18)12(3)19-16/h6-8,11H,9-10,18H2,1-5H3. The molecule has 0 amide bonds. The minimum absolute atomic E-state index is 0.485. The van der Waals surface area contributed by atoms with Crippen LogP contribution in [0.25, 0.3) is 10.9 Å². The molecular formula is C17H25N3O. The van der Waals surface area contributed by atoms with Gasteiger partial charge in [0.2, 0.25) is 0 Å². The van der Waals surface area contributed by atoms with Gasteiger partial charge in [-0.25, -0.2) is 0 Å². The zero-order valence-electron chi connectivity index (χ0n) is 13.6. The van der Waals surface area contributed by atoms with Crippen LogP contribution in [0.5, 0.6) is 5.75 Å². The van der Waals surface area contributed by atoms with Crippen molar-refractivity contribution >= 4 is 16.6 Å². The molecule has 0 spiro atoms. The van der Waals surface area contributed by atoms with E-state index in [0.717, 1.165) is 33.6 Å². The number of hydrogen-bond donors (Lipinski definition) is 1. The van der Waals surface area contributed by atoms with Crippen LogP contribution in [0, 0.1) is 12.8 Å². The fourth-order valence-corrected chi connectivity index (χ4v) is 2.49. The van der Waals surface area contributed by atoms with Crippen molar-refractivity contribution in [3.8, 4) is 5.75 Å². The molecule has 2 rings (SSSR count). The van der Waals surface area contributed by atoms with Gasteiger partial charge in [0.1, 0.15) is 5.75 Å². The van der Waals surface area contributed by atoms with Crippen molar-refractivity contribution in [2.24, 2.45) is 11.7 Å². The second-order valence-electron chi connectivity index (χ2n) is 6.01. The number of fused-ring (bicyclic) bond motifs is 1. The molecule has 0 unspecified atom stereocenters. The lowest BCUT2D eigenvalue weighted by atomic mass is 10.0. The molecule has 4 heteroatoms. The highest BCUT2D eigenvalue weighted by Crippen LogP contribution is 2.32. The molecule has 0 aliphatic rings. The van der Waals surface area contributed by atoms with Crippen LogP contribution in [0.2, 0.25) is 0 Å². The minimum Gasteiger partial charge on any atom is -0.493 e. The first-order valence-electron chi connectivity index (χ1n) is 7.37. The monoisotopic (exact) mass is 287 g/mol. The van der Waals surface area contributed by atoms with Gasteiger partial charge < -0.3 is 15.4 Å². The molecule has 114 valence electrons. The van der Waals surface area contributed by atoms with Gasteiger partial charge in [-0.3, -0.25) is 4.98 Å². The average Bonchev–Trinajstić information content (AvgIpc) is 2.43. The van der Waals surface area contributed by atoms with Crippen LogP contribution in [0.4, 0.5) is 5.69 Å². The van der Waals surface area contributed by atoms with Crippen LogP contribution in [0.15, 0.2) is 18.2 Å². The summed E-state index contributed by atoms with van der Waals surface area (Å²) >= 11 is 0. The highest BCUT2D eigenvalue weighted by molar-refractivity contribution is 5.94. The molecule has 0 saturated carbocycles. The summed E-state index contributed by atoms with van der Waals surface area (Å²) in [5.74, 6) is 1.39. The number of pyridine rings is 1. The first-order chi connectivity index (χ1) is 9.93. The van der Waals surface area contributed by atoms with E-state index in [-0.39, 0.29) is 0 Å². The summed E-state index contributed by atoms with van der Waals surface area (Å²) in [6, 6.07) is 6.07. The van der Waals surface area contributed by atoms with Gasteiger partial charge in [-0.15, -0.1) is 0 Å². The fourth-order valence-electron chi connectivity index (χ4n) is 2.49. The van der Waals surface area contributed by atoms with E-state index in [2.05, 4.69) is 29.8 Å². The zero-order valence-corrected chi connectivity index (χ0v) is 13.6. The van der Waals surface area contributed by atoms with Crippen molar-refractivity contribution < 1.29 is 4.74 Å². The lowest BCUT2D eigenvalue weighted by Gasteiger charge is -2.21. The molecule has 0 radical (unpaired) electrons. The number of nitrogens with zero attached hydrogens (tertiary/aromatic N) is 2. The fraction of sp³-hybridized carbons (Fsp3) is 0.471. The molecule has 0 bridgehead atoms. The Bertz CT molecular complexity index is 635. The number of anilines is 1. The van der Waals surface area contributed by atoms with Crippen molar-refractivity contribution in [1.82, 2.24) is 4.98 Å². The molecule has 0 aliphatic heterocycles. The molecular weight excluding hydrogens is 262 g/mol. The number of benzene rings is 1. The maximum atomic E-state index is 5.92. The maximum absolute atomic E-state index is 5.92. The Kier molecular flexibility index (Phi) is 4.68. The summed E-state index contributed by atoms with van der Waals surface area (Å²) in [6.07, 6.45) is 0. The Hall–Kier alpha value is -1.81. The predicted octanol–water partition coefficient (Wildman–Crippen LogP) is 3.10. The van der Waals surface area contributed by atoms with Crippen LogP contribution < -0.4 is 15.4 Å². The quantitative estimate of drug-likeness (QED) is 0.918. The molecule has 21 heavy (non-hydrogen) atoms. The van der Waals surface area contributed by atoms with E-state index in [1.165, 1.54) is 0 Å². The van der Waals surface area contributed by atoms with Gasteiger partial charge in [0.25, 0.3) is 0 Å². The number of hydrogen-bond acceptors (Lipinski definition) is 4. The molecule has 2 N–H and O–H groups in total. The van der Waals surface area contributed by atoms with Crippen molar-refractivity contribution in [2.45, 2.75) is 27.3 Å². The van der Waals surface area contributed by atoms with E-state index in [0.29, 0.717) is 19.1 Å². The first-order valence-corrected chi connectivity index (χ1v) is 7.37. The summed E-state index contributed by atoms with van der Waals surface area (Å²) in [6.45, 7) is 7.50. The normalized spacial score (nSPS) is 11.2. The summed E-state index contributed by atoms with van der Waals surface area (Å²) in [5.41, 5.74) is 10.1. The Labute approximate surface area is 126 Å². The Morgan fingerprint density at radius 1 is 1.29 bits per heavy atom. The number of aromatic nitrogens is 1. The maximum Gasteiger partial charge on any atom is 0.120 e. The van der Waals surface area contributed by atoms with Crippen molar-refractivity contribution in [1.29, 1.82) is 0 Å². The summed E-state index contributed by atoms with van der Waals surface area (Å²) in [7, 11) is 4.07. The summed E-state index contributed by atoms with van der Waals surface area (Å²) in [4.78, 5) is 6.77. The highest BCUT2D eigenvalue weighted by atomic mass is 16.5. The third kappa shape index (κ3) is 3.27. The number of nitrogens with two attached hydrogens (primary N) is 1. The SMILES string of the molecule is Cc1nc2ccc(OCC(C)C)cc2c(N(C)C)c1CN. The average molecular weight is 287 g/mol. The highest BCUT2D eigenvalue weighted by Gasteiger charge is 2.14. The van der Waals surface area contributed by atoms with Gasteiger partial charge in [0.15, 0.2) is 0 Å². The number of aryl methyl sites for hydroxylation is 1. The molecule has 2 aromatic rings. The molecule has 0 fully saturated rings. The molecule has 4 nitrogen and oxygen atoms in total. The number of rotatable bonds is 5. The second kappa shape index (κ2) is 6.31. The summed E-state index contributed by atoms with van der Waals surface area (Å²) < 4.78 is 5.84. The second-order valence-corrected chi connectivity index (χ2v) is 6.01. The van der Waals surface area contributed by atoms with Crippen LogP contribution in [-0.2, 0) is 6.54 Å². The van der Waals surface area contributed by atoms with Crippen molar-refractivity contribution in [2.75, 3.05) is 25.6 Å². The molecule has 0 atom stereocenters. The molecule has 1 heterocycles. The van der Waals surface area contributed by atoms with Gasteiger partial charge in [-0.05, 0) is 31.0 Å². The van der Waals surface area contributed by atoms with Gasteiger partial charge >= 0.3 is 0 Å². The van der Waals surface area contributed by atoms with Gasteiger partial charge in [0, 0.05) is 37.3 Å². The van der Waals surface area contributed by atoms with Crippen LogP contribution in [0.1, 0.15) is 25.1 Å². The molecule has 1 aromatic heterocycles. The van der Waals surface area contributed by atoms with Gasteiger partial charge in [-0.2, -0.15) is 0 Å². The summed E-state index contributed by atoms with van der Waals surface area (Å²) in [5, 5.41) is 1.09. The lowest BCUT2D eigenvalue weighted by Crippen LogP contribution is -2.16. The number of ether oxygens (including phenoxy) is 1. The van der Waals surface area contributed by atoms with E-state index in [1.807, 2.05) is 33.2 Å². The largest absolute Gasteiger partial charge is 0.493 e. The van der Waals surface area contributed by atoms with Gasteiger partial charge in [-0.1, -0.05) is 13.8 Å². The Morgan fingerprint density at radius 3 is 2.57 bits per heavy atom. The van der Waals surface area contributed by atoms with E-state index in [1.54, 1.807) is 0 Å². The van der Waals surface area contributed by atoms with Crippen LogP contribution in [0.3, 0.4) is 0 Å². The molecule has 1 aromatic carbocycles. The van der Waals surface area contributed by atoms with Gasteiger partial charge in [0.05, 0.1) is 17.8 Å². The van der Waals surface area contributed by atoms with E-state index in [4.69, 9.17) is 10.5 Å². The van der Waals surface area contributed by atoms with E-state index < -0.39 is 0 Å². The molecule has 0 saturated heterocycles. The Balaban J connectivity index is 2.58. The topological polar surface area (TPSA) is 51.4 Å². The minimum atomic E-state index is 0.485. The van der Waals surface area contributed by atoms with E-state index >= 15 is 0 Å². The van der Waals surface area contributed by atoms with Crippen LogP contribution >= 0.6 is 0 Å². The van der Waals surface area contributed by atoms with Crippen LogP contribution in [-0.4, -0.2) is 25.7 Å². The first kappa shape index (κ1) is 15.6. The van der Waals surface area contributed by atoms with E-state index in [9.17, 15) is 0 Å². The lowest BCUT2D eigenvalue weighted by molar-refractivity contribution is 0.271. The van der Waals surface area contributed by atoms with Crippen molar-refractivity contribution in [3.63, 3.8) is 0 Å².